The van der Waals surface area contributed by atoms with Crippen molar-refractivity contribution >= 4 is 11.9 Å². The average molecular weight is 499 g/mol. The van der Waals surface area contributed by atoms with Gasteiger partial charge in [-0.1, -0.05) is 33.1 Å². The van der Waals surface area contributed by atoms with Gasteiger partial charge in [0.05, 0.1) is 19.4 Å². The van der Waals surface area contributed by atoms with Gasteiger partial charge >= 0.3 is 11.9 Å². The standard InChI is InChI=1S/C26H42O9/c1-17-9-10-20-18(2)23(32-24-26(20)19(17)13-14-25(3,33-24)34-35-26)31-16-8-6-4-5-7-15-30-22(29)12-11-21(27)28/h17-20,23-24H,4-16H2,1-3H3,(H,27,28)/t17-,18-,19+,20+,23+,24-,25+,26-/m1/s1. The first kappa shape index (κ1) is 26.8. The van der Waals surface area contributed by atoms with Crippen LogP contribution in [0.5, 0.6) is 0 Å². The highest BCUT2D eigenvalue weighted by Gasteiger charge is 2.69. The van der Waals surface area contributed by atoms with Crippen LogP contribution in [0.25, 0.3) is 0 Å². The van der Waals surface area contributed by atoms with Crippen molar-refractivity contribution in [1.82, 2.24) is 0 Å². The van der Waals surface area contributed by atoms with Gasteiger partial charge in [-0.25, -0.2) is 9.78 Å². The third kappa shape index (κ3) is 5.85. The molecule has 2 bridgehead atoms. The minimum atomic E-state index is -0.986. The maximum atomic E-state index is 11.4. The van der Waals surface area contributed by atoms with E-state index in [0.717, 1.165) is 51.4 Å². The molecule has 8 atom stereocenters. The van der Waals surface area contributed by atoms with E-state index < -0.39 is 29.6 Å². The number of esters is 1. The lowest BCUT2D eigenvalue weighted by molar-refractivity contribution is -0.577. The largest absolute Gasteiger partial charge is 0.481 e. The van der Waals surface area contributed by atoms with Gasteiger partial charge in [-0.3, -0.25) is 9.59 Å². The molecule has 4 heterocycles. The van der Waals surface area contributed by atoms with Gasteiger partial charge in [0.15, 0.2) is 18.2 Å². The minimum Gasteiger partial charge on any atom is -0.481 e. The highest BCUT2D eigenvalue weighted by molar-refractivity contribution is 5.76. The number of ether oxygens (including phenoxy) is 4. The van der Waals surface area contributed by atoms with Crippen LogP contribution >= 0.6 is 0 Å². The maximum absolute atomic E-state index is 11.4. The van der Waals surface area contributed by atoms with Crippen LogP contribution in [0.1, 0.15) is 91.4 Å². The molecular weight excluding hydrogens is 456 g/mol. The first-order valence-electron chi connectivity index (χ1n) is 13.4. The molecule has 5 aliphatic rings. The van der Waals surface area contributed by atoms with Gasteiger partial charge in [-0.2, -0.15) is 0 Å². The van der Waals surface area contributed by atoms with E-state index in [0.29, 0.717) is 25.0 Å². The molecule has 1 spiro atoms. The molecule has 200 valence electrons. The lowest BCUT2D eigenvalue weighted by Crippen LogP contribution is -2.70. The van der Waals surface area contributed by atoms with Crippen LogP contribution in [-0.4, -0.2) is 54.2 Å². The summed E-state index contributed by atoms with van der Waals surface area (Å²) in [5, 5.41) is 8.58. The van der Waals surface area contributed by atoms with Crippen molar-refractivity contribution < 1.29 is 43.4 Å². The van der Waals surface area contributed by atoms with Crippen molar-refractivity contribution in [2.75, 3.05) is 13.2 Å². The van der Waals surface area contributed by atoms with Crippen LogP contribution in [0.3, 0.4) is 0 Å². The molecule has 35 heavy (non-hydrogen) atoms. The van der Waals surface area contributed by atoms with E-state index in [2.05, 4.69) is 13.8 Å². The Hall–Kier alpha value is -1.26. The number of unbranched alkanes of at least 4 members (excludes halogenated alkanes) is 4. The van der Waals surface area contributed by atoms with Gasteiger partial charge in [0.1, 0.15) is 0 Å². The molecule has 9 heteroatoms. The van der Waals surface area contributed by atoms with Crippen molar-refractivity contribution in [1.29, 1.82) is 0 Å². The number of carboxylic acids is 1. The first-order valence-corrected chi connectivity index (χ1v) is 13.4. The highest BCUT2D eigenvalue weighted by atomic mass is 17.3. The van der Waals surface area contributed by atoms with Crippen LogP contribution in [0.4, 0.5) is 0 Å². The summed E-state index contributed by atoms with van der Waals surface area (Å²) in [6.45, 7) is 7.42. The number of aliphatic carboxylic acids is 1. The first-order chi connectivity index (χ1) is 16.7. The topological polar surface area (TPSA) is 110 Å². The molecule has 1 N–H and O–H groups in total. The van der Waals surface area contributed by atoms with E-state index in [1.54, 1.807) is 0 Å². The zero-order valence-electron chi connectivity index (χ0n) is 21.4. The monoisotopic (exact) mass is 498 g/mol. The third-order valence-electron chi connectivity index (χ3n) is 8.47. The normalized spacial score (nSPS) is 40.1. The molecule has 5 rings (SSSR count). The number of hydrogen-bond donors (Lipinski definition) is 1. The number of carboxylic acid groups (broad SMARTS) is 1. The molecule has 0 unspecified atom stereocenters. The maximum Gasteiger partial charge on any atom is 0.306 e. The van der Waals surface area contributed by atoms with Gasteiger partial charge in [-0.15, -0.1) is 0 Å². The molecule has 0 aromatic carbocycles. The van der Waals surface area contributed by atoms with Gasteiger partial charge in [0.25, 0.3) is 0 Å². The second-order valence-electron chi connectivity index (χ2n) is 11.0. The minimum absolute atomic E-state index is 0.0692. The molecule has 4 saturated heterocycles. The van der Waals surface area contributed by atoms with Crippen molar-refractivity contribution in [3.8, 4) is 0 Å². The van der Waals surface area contributed by atoms with E-state index in [4.69, 9.17) is 33.8 Å². The van der Waals surface area contributed by atoms with E-state index in [1.807, 2.05) is 6.92 Å². The summed E-state index contributed by atoms with van der Waals surface area (Å²) >= 11 is 0. The second kappa shape index (κ2) is 11.4. The molecule has 0 radical (unpaired) electrons. The predicted molar refractivity (Wildman–Crippen MR) is 124 cm³/mol. The Morgan fingerprint density at radius 3 is 2.46 bits per heavy atom. The Morgan fingerprint density at radius 2 is 1.69 bits per heavy atom. The molecule has 0 amide bonds. The molecule has 0 aromatic rings. The van der Waals surface area contributed by atoms with Gasteiger partial charge in [-0.05, 0) is 50.9 Å². The van der Waals surface area contributed by atoms with Crippen LogP contribution in [0.2, 0.25) is 0 Å². The predicted octanol–water partition coefficient (Wildman–Crippen LogP) is 4.57. The van der Waals surface area contributed by atoms with Crippen LogP contribution in [-0.2, 0) is 38.3 Å². The van der Waals surface area contributed by atoms with Crippen molar-refractivity contribution in [2.24, 2.45) is 23.7 Å². The number of carbonyl (C=O) groups excluding carboxylic acids is 1. The molecule has 1 aliphatic carbocycles. The SMILES string of the molecule is C[C@H]1[C@@H](OCCCCCCCOC(=O)CCC(=O)O)O[C@@H]2O[C@]3(C)CC[C@H]4[C@H](C)CC[C@@H]1[C@@]24OO3. The van der Waals surface area contributed by atoms with Crippen LogP contribution in [0.15, 0.2) is 0 Å². The molecule has 9 nitrogen and oxygen atoms in total. The van der Waals surface area contributed by atoms with E-state index in [1.165, 1.54) is 6.42 Å². The molecule has 0 aromatic heterocycles. The van der Waals surface area contributed by atoms with Gasteiger partial charge < -0.3 is 24.1 Å². The Balaban J connectivity index is 1.17. The second-order valence-corrected chi connectivity index (χ2v) is 11.0. The van der Waals surface area contributed by atoms with Crippen LogP contribution in [0, 0.1) is 23.7 Å². The van der Waals surface area contributed by atoms with E-state index in [-0.39, 0.29) is 31.0 Å². The molecule has 1 saturated carbocycles. The lowest BCUT2D eigenvalue weighted by Gasteiger charge is -2.60. The fourth-order valence-corrected chi connectivity index (χ4v) is 6.46. The molecule has 4 aliphatic heterocycles. The van der Waals surface area contributed by atoms with E-state index in [9.17, 15) is 9.59 Å². The fourth-order valence-electron chi connectivity index (χ4n) is 6.46. The zero-order valence-corrected chi connectivity index (χ0v) is 21.4. The Kier molecular flexibility index (Phi) is 8.74. The number of fused-ring (bicyclic) bond motifs is 2. The fraction of sp³-hybridized carbons (Fsp3) is 0.923. The molecule has 5 fully saturated rings. The number of rotatable bonds is 12. The van der Waals surface area contributed by atoms with Crippen molar-refractivity contribution in [2.45, 2.75) is 115 Å². The quantitative estimate of drug-likeness (QED) is 0.235. The van der Waals surface area contributed by atoms with Crippen molar-refractivity contribution in [3.05, 3.63) is 0 Å². The average Bonchev–Trinajstić information content (AvgIpc) is 3.05. The Labute approximate surface area is 208 Å². The smallest absolute Gasteiger partial charge is 0.306 e. The molecular formula is C26H42O9. The third-order valence-corrected chi connectivity index (χ3v) is 8.47. The Morgan fingerprint density at radius 1 is 0.943 bits per heavy atom. The van der Waals surface area contributed by atoms with E-state index >= 15 is 0 Å². The summed E-state index contributed by atoms with van der Waals surface area (Å²) < 4.78 is 24.1. The highest BCUT2D eigenvalue weighted by Crippen LogP contribution is 2.60. The summed E-state index contributed by atoms with van der Waals surface area (Å²) in [7, 11) is 0. The Bertz CT molecular complexity index is 744. The number of hydrogen-bond acceptors (Lipinski definition) is 8. The summed E-state index contributed by atoms with van der Waals surface area (Å²) in [5.74, 6) is -0.842. The van der Waals surface area contributed by atoms with Gasteiger partial charge in [0, 0.05) is 24.9 Å². The lowest BCUT2D eigenvalue weighted by atomic mass is 9.58. The zero-order chi connectivity index (χ0) is 25.1. The summed E-state index contributed by atoms with van der Waals surface area (Å²) in [6.07, 6.45) is 7.74. The van der Waals surface area contributed by atoms with Crippen molar-refractivity contribution in [3.63, 3.8) is 0 Å². The van der Waals surface area contributed by atoms with Gasteiger partial charge in [0.2, 0.25) is 5.79 Å². The number of carbonyl (C=O) groups is 2. The summed E-state index contributed by atoms with van der Waals surface area (Å²) in [4.78, 5) is 33.9. The summed E-state index contributed by atoms with van der Waals surface area (Å²) in [6, 6.07) is 0. The summed E-state index contributed by atoms with van der Waals surface area (Å²) in [5.41, 5.74) is -0.552. The van der Waals surface area contributed by atoms with Crippen LogP contribution < -0.4 is 0 Å².